The van der Waals surface area contributed by atoms with Gasteiger partial charge in [0, 0.05) is 24.5 Å². The van der Waals surface area contributed by atoms with Gasteiger partial charge in [-0.2, -0.15) is 15.0 Å². The molecule has 0 radical (unpaired) electrons. The maximum atomic E-state index is 13.3. The largest absolute Gasteiger partial charge is 0.354 e. The molecule has 234 valence electrons. The van der Waals surface area contributed by atoms with Crippen molar-refractivity contribution in [2.24, 2.45) is 5.92 Å². The van der Waals surface area contributed by atoms with Gasteiger partial charge in [0.25, 0.3) is 0 Å². The first-order valence-corrected chi connectivity index (χ1v) is 14.8. The van der Waals surface area contributed by atoms with E-state index in [0.29, 0.717) is 47.2 Å². The molecule has 6 N–H and O–H groups in total. The molecule has 5 rings (SSSR count). The number of halogens is 2. The van der Waals surface area contributed by atoms with Crippen LogP contribution in [-0.2, 0) is 17.8 Å². The number of carbonyl (C=O) groups excluding carboxylic acids is 2. The minimum absolute atomic E-state index is 0.0234. The summed E-state index contributed by atoms with van der Waals surface area (Å²) in [6.07, 6.45) is 6.15. The van der Waals surface area contributed by atoms with Gasteiger partial charge in [0.05, 0.1) is 6.42 Å². The van der Waals surface area contributed by atoms with Crippen LogP contribution >= 0.6 is 0 Å². The Hall–Kier alpha value is -5.33. The molecule has 45 heavy (non-hydrogen) atoms. The van der Waals surface area contributed by atoms with Gasteiger partial charge in [0.1, 0.15) is 11.6 Å². The fraction of sp³-hybridized carbons (Fsp3) is 0.281. The van der Waals surface area contributed by atoms with Gasteiger partial charge in [0.15, 0.2) is 0 Å². The van der Waals surface area contributed by atoms with Gasteiger partial charge >= 0.3 is 6.03 Å². The van der Waals surface area contributed by atoms with Crippen LogP contribution in [0.2, 0.25) is 0 Å². The molecule has 1 aromatic heterocycles. The first-order chi connectivity index (χ1) is 21.9. The summed E-state index contributed by atoms with van der Waals surface area (Å²) in [5, 5.41) is 12.2. The van der Waals surface area contributed by atoms with Gasteiger partial charge in [0.2, 0.25) is 23.8 Å². The SMILES string of the molecule is O=C(Cc1ccc(Nc2nc(NCc3ccc(F)cc3)nc(NCC3CCCCC3)n2)cc1)NNC(=O)Nc1ccc(F)cc1. The van der Waals surface area contributed by atoms with E-state index in [1.807, 2.05) is 0 Å². The summed E-state index contributed by atoms with van der Waals surface area (Å²) in [5.41, 5.74) is 7.28. The second kappa shape index (κ2) is 15.4. The molecule has 1 aliphatic rings. The van der Waals surface area contributed by atoms with E-state index >= 15 is 0 Å². The lowest BCUT2D eigenvalue weighted by atomic mass is 9.89. The highest BCUT2D eigenvalue weighted by Crippen LogP contribution is 2.24. The number of carbonyl (C=O) groups is 2. The minimum atomic E-state index is -0.661. The van der Waals surface area contributed by atoms with Gasteiger partial charge in [-0.3, -0.25) is 10.2 Å². The summed E-state index contributed by atoms with van der Waals surface area (Å²) in [4.78, 5) is 38.0. The lowest BCUT2D eigenvalue weighted by Gasteiger charge is -2.21. The van der Waals surface area contributed by atoms with Crippen LogP contribution in [0.1, 0.15) is 43.2 Å². The number of rotatable bonds is 11. The topological polar surface area (TPSA) is 145 Å². The van der Waals surface area contributed by atoms with Crippen molar-refractivity contribution in [3.63, 3.8) is 0 Å². The molecule has 13 heteroatoms. The van der Waals surface area contributed by atoms with E-state index < -0.39 is 17.8 Å². The molecule has 0 bridgehead atoms. The molecular weight excluding hydrogens is 580 g/mol. The van der Waals surface area contributed by atoms with E-state index in [0.717, 1.165) is 12.1 Å². The Bertz CT molecular complexity index is 1560. The average Bonchev–Trinajstić information content (AvgIpc) is 3.05. The fourth-order valence-electron chi connectivity index (χ4n) is 4.89. The van der Waals surface area contributed by atoms with E-state index in [1.54, 1.807) is 36.4 Å². The quantitative estimate of drug-likeness (QED) is 0.115. The van der Waals surface area contributed by atoms with Gasteiger partial charge < -0.3 is 21.3 Å². The van der Waals surface area contributed by atoms with Crippen LogP contribution in [0, 0.1) is 17.6 Å². The van der Waals surface area contributed by atoms with Gasteiger partial charge in [-0.05, 0) is 78.4 Å². The Kier molecular flexibility index (Phi) is 10.7. The number of anilines is 5. The molecule has 0 saturated heterocycles. The molecule has 0 spiro atoms. The highest BCUT2D eigenvalue weighted by molar-refractivity contribution is 5.91. The number of nitrogens with zero attached hydrogens (tertiary/aromatic N) is 3. The van der Waals surface area contributed by atoms with E-state index in [4.69, 9.17) is 0 Å². The van der Waals surface area contributed by atoms with Crippen molar-refractivity contribution >= 4 is 41.2 Å². The zero-order valence-corrected chi connectivity index (χ0v) is 24.6. The zero-order valence-electron chi connectivity index (χ0n) is 24.6. The number of hydrazine groups is 1. The molecule has 0 aliphatic heterocycles. The van der Waals surface area contributed by atoms with Crippen molar-refractivity contribution < 1.29 is 18.4 Å². The molecule has 3 aromatic carbocycles. The molecule has 0 unspecified atom stereocenters. The van der Waals surface area contributed by atoms with Crippen molar-refractivity contribution in [3.8, 4) is 0 Å². The summed E-state index contributed by atoms with van der Waals surface area (Å²) in [7, 11) is 0. The Morgan fingerprint density at radius 3 is 1.93 bits per heavy atom. The summed E-state index contributed by atoms with van der Waals surface area (Å²) in [6.45, 7) is 1.19. The third-order valence-corrected chi connectivity index (χ3v) is 7.27. The molecule has 1 fully saturated rings. The molecule has 3 amide bonds. The van der Waals surface area contributed by atoms with Gasteiger partial charge in [-0.15, -0.1) is 0 Å². The number of aromatic nitrogens is 3. The van der Waals surface area contributed by atoms with Crippen LogP contribution in [0.4, 0.5) is 42.8 Å². The van der Waals surface area contributed by atoms with Gasteiger partial charge in [-0.25, -0.2) is 19.0 Å². The summed E-state index contributed by atoms with van der Waals surface area (Å²) < 4.78 is 26.3. The summed E-state index contributed by atoms with van der Waals surface area (Å²) in [6, 6.07) is 17.9. The summed E-state index contributed by atoms with van der Waals surface area (Å²) in [5.74, 6) is 0.583. The second-order valence-electron chi connectivity index (χ2n) is 10.8. The summed E-state index contributed by atoms with van der Waals surface area (Å²) >= 11 is 0. The minimum Gasteiger partial charge on any atom is -0.354 e. The monoisotopic (exact) mass is 615 g/mol. The molecule has 4 aromatic rings. The van der Waals surface area contributed by atoms with Crippen molar-refractivity contribution in [1.29, 1.82) is 0 Å². The first-order valence-electron chi connectivity index (χ1n) is 14.8. The van der Waals surface area contributed by atoms with Gasteiger partial charge in [-0.1, -0.05) is 43.5 Å². The second-order valence-corrected chi connectivity index (χ2v) is 10.8. The molecule has 1 heterocycles. The molecule has 0 atom stereocenters. The molecule has 11 nitrogen and oxygen atoms in total. The maximum absolute atomic E-state index is 13.3. The molecule has 1 saturated carbocycles. The Balaban J connectivity index is 1.16. The first kappa shape index (κ1) is 31.1. The van der Waals surface area contributed by atoms with Crippen LogP contribution in [0.3, 0.4) is 0 Å². The number of hydrogen-bond acceptors (Lipinski definition) is 8. The average molecular weight is 616 g/mol. The zero-order chi connectivity index (χ0) is 31.4. The van der Waals surface area contributed by atoms with E-state index in [9.17, 15) is 18.4 Å². The van der Waals surface area contributed by atoms with Crippen LogP contribution in [-0.4, -0.2) is 33.4 Å². The van der Waals surface area contributed by atoms with Crippen molar-refractivity contribution in [3.05, 3.63) is 95.6 Å². The Morgan fingerprint density at radius 1 is 0.667 bits per heavy atom. The van der Waals surface area contributed by atoms with E-state index in [-0.39, 0.29) is 12.2 Å². The highest BCUT2D eigenvalue weighted by atomic mass is 19.1. The standard InChI is InChI=1S/C32H35F2N9O2/c33-24-10-6-23(7-11-24)20-36-30-39-29(35-19-22-4-2-1-3-5-22)40-31(41-30)37-26-14-8-21(9-15-26)18-28(44)42-43-32(45)38-27-16-12-25(34)13-17-27/h6-17,22H,1-5,18-20H2,(H,42,44)(H2,38,43,45)(H3,35,36,37,39,40,41). The van der Waals surface area contributed by atoms with Crippen LogP contribution in [0.15, 0.2) is 72.8 Å². The number of benzene rings is 3. The van der Waals surface area contributed by atoms with Crippen molar-refractivity contribution in [1.82, 2.24) is 25.8 Å². The van der Waals surface area contributed by atoms with Crippen LogP contribution < -0.4 is 32.1 Å². The number of amides is 3. The third kappa shape index (κ3) is 10.1. The van der Waals surface area contributed by atoms with Crippen molar-refractivity contribution in [2.45, 2.75) is 45.1 Å². The predicted octanol–water partition coefficient (Wildman–Crippen LogP) is 5.89. The third-order valence-electron chi connectivity index (χ3n) is 7.27. The predicted molar refractivity (Wildman–Crippen MR) is 169 cm³/mol. The van der Waals surface area contributed by atoms with Crippen LogP contribution in [0.25, 0.3) is 0 Å². The van der Waals surface area contributed by atoms with E-state index in [1.165, 1.54) is 68.5 Å². The number of urea groups is 1. The van der Waals surface area contributed by atoms with Crippen molar-refractivity contribution in [2.75, 3.05) is 27.8 Å². The maximum Gasteiger partial charge on any atom is 0.337 e. The highest BCUT2D eigenvalue weighted by Gasteiger charge is 2.15. The van der Waals surface area contributed by atoms with Crippen LogP contribution in [0.5, 0.6) is 0 Å². The lowest BCUT2D eigenvalue weighted by molar-refractivity contribution is -0.121. The fourth-order valence-corrected chi connectivity index (χ4v) is 4.89. The smallest absolute Gasteiger partial charge is 0.337 e. The normalized spacial score (nSPS) is 13.0. The molecular formula is C32H35F2N9O2. The van der Waals surface area contributed by atoms with E-state index in [2.05, 4.69) is 47.1 Å². The number of nitrogens with one attached hydrogen (secondary N) is 6. The lowest BCUT2D eigenvalue weighted by Crippen LogP contribution is -2.44. The Morgan fingerprint density at radius 2 is 1.24 bits per heavy atom. The Labute approximate surface area is 259 Å². The number of hydrogen-bond donors (Lipinski definition) is 6. The molecule has 1 aliphatic carbocycles.